The van der Waals surface area contributed by atoms with E-state index in [1.807, 2.05) is 23.1 Å². The maximum absolute atomic E-state index is 12.9. The van der Waals surface area contributed by atoms with Gasteiger partial charge in [-0.05, 0) is 43.9 Å². The molecule has 0 bridgehead atoms. The van der Waals surface area contributed by atoms with Crippen molar-refractivity contribution in [3.8, 4) is 23.4 Å². The van der Waals surface area contributed by atoms with Gasteiger partial charge in [-0.15, -0.1) is 0 Å². The number of rotatable bonds is 5. The molecule has 3 aliphatic rings. The number of aliphatic hydroxyl groups excluding tert-OH is 1. The quantitative estimate of drug-likeness (QED) is 0.699. The summed E-state index contributed by atoms with van der Waals surface area (Å²) in [5.41, 5.74) is 1.99. The van der Waals surface area contributed by atoms with Crippen LogP contribution in [0.4, 0.5) is 11.4 Å². The Morgan fingerprint density at radius 2 is 2.03 bits per heavy atom. The molecule has 1 saturated heterocycles. The van der Waals surface area contributed by atoms with Gasteiger partial charge in [0.1, 0.15) is 35.8 Å². The van der Waals surface area contributed by atoms with E-state index < -0.39 is 0 Å². The first-order valence-corrected chi connectivity index (χ1v) is 12.2. The highest BCUT2D eigenvalue weighted by Gasteiger charge is 2.34. The molecule has 5 rings (SSSR count). The fourth-order valence-corrected chi connectivity index (χ4v) is 5.17. The van der Waals surface area contributed by atoms with Crippen LogP contribution in [0, 0.1) is 17.2 Å². The molecule has 0 spiro atoms. The summed E-state index contributed by atoms with van der Waals surface area (Å²) in [6.07, 6.45) is 5.07. The lowest BCUT2D eigenvalue weighted by atomic mass is 9.86. The van der Waals surface area contributed by atoms with Crippen LogP contribution in [0.15, 0.2) is 30.5 Å². The molecule has 1 atom stereocenters. The standard InChI is InChI=1S/C26H30N4O5/c1-33-25-18(14-27)12-19(15-28-25)30-10-11-34-24-7-6-21(13-23(24)30)35-22-8-9-29(16-22)26(32)17-2-4-20(31)5-3-17/h6-7,12-13,15,17,20,22,31H,2-5,8-11,16H2,1H3. The van der Waals surface area contributed by atoms with E-state index in [4.69, 9.17) is 14.2 Å². The molecule has 35 heavy (non-hydrogen) atoms. The number of carbonyl (C=O) groups excluding carboxylic acids is 1. The summed E-state index contributed by atoms with van der Waals surface area (Å²) < 4.78 is 17.3. The van der Waals surface area contributed by atoms with Crippen molar-refractivity contribution in [1.29, 1.82) is 5.26 Å². The third kappa shape index (κ3) is 4.84. The molecule has 2 fully saturated rings. The van der Waals surface area contributed by atoms with E-state index in [-0.39, 0.29) is 24.0 Å². The lowest BCUT2D eigenvalue weighted by molar-refractivity contribution is -0.136. The number of benzene rings is 1. The SMILES string of the molecule is COc1ncc(N2CCOc3ccc(OC4CCN(C(=O)C5CCC(O)CC5)C4)cc32)cc1C#N. The number of carbonyl (C=O) groups is 1. The molecule has 1 saturated carbocycles. The molecule has 1 aliphatic carbocycles. The number of aliphatic hydroxyl groups is 1. The van der Waals surface area contributed by atoms with Gasteiger partial charge in [-0.3, -0.25) is 4.79 Å². The maximum atomic E-state index is 12.9. The minimum atomic E-state index is -0.263. The van der Waals surface area contributed by atoms with E-state index in [1.165, 1.54) is 7.11 Å². The molecular weight excluding hydrogens is 448 g/mol. The Balaban J connectivity index is 1.28. The van der Waals surface area contributed by atoms with E-state index in [9.17, 15) is 15.2 Å². The van der Waals surface area contributed by atoms with Gasteiger partial charge in [-0.1, -0.05) is 0 Å². The first kappa shape index (κ1) is 23.2. The third-order valence-corrected chi connectivity index (χ3v) is 7.06. The normalized spacial score (nSPS) is 23.7. The smallest absolute Gasteiger partial charge is 0.231 e. The van der Waals surface area contributed by atoms with Crippen molar-refractivity contribution in [2.75, 3.05) is 38.3 Å². The average Bonchev–Trinajstić information content (AvgIpc) is 3.36. The Kier molecular flexibility index (Phi) is 6.64. The topological polar surface area (TPSA) is 108 Å². The average molecular weight is 479 g/mol. The fraction of sp³-hybridized carbons (Fsp3) is 0.500. The zero-order chi connectivity index (χ0) is 24.4. The van der Waals surface area contributed by atoms with Crippen LogP contribution in [0.2, 0.25) is 0 Å². The van der Waals surface area contributed by atoms with Gasteiger partial charge in [0.25, 0.3) is 0 Å². The minimum absolute atomic E-state index is 0.0167. The molecule has 184 valence electrons. The predicted octanol–water partition coefficient (Wildman–Crippen LogP) is 3.02. The highest BCUT2D eigenvalue weighted by molar-refractivity contribution is 5.79. The van der Waals surface area contributed by atoms with Crippen molar-refractivity contribution in [2.24, 2.45) is 5.92 Å². The van der Waals surface area contributed by atoms with Crippen LogP contribution in [0.3, 0.4) is 0 Å². The second-order valence-corrected chi connectivity index (χ2v) is 9.31. The van der Waals surface area contributed by atoms with Crippen LogP contribution in [-0.2, 0) is 4.79 Å². The molecule has 2 aliphatic heterocycles. The van der Waals surface area contributed by atoms with Crippen molar-refractivity contribution in [3.05, 3.63) is 36.0 Å². The number of nitriles is 1. The van der Waals surface area contributed by atoms with Crippen LogP contribution in [0.5, 0.6) is 17.4 Å². The molecule has 1 aromatic heterocycles. The molecule has 1 aromatic carbocycles. The third-order valence-electron chi connectivity index (χ3n) is 7.06. The largest absolute Gasteiger partial charge is 0.490 e. The van der Waals surface area contributed by atoms with E-state index in [0.717, 1.165) is 36.4 Å². The number of methoxy groups -OCH3 is 1. The number of aromatic nitrogens is 1. The number of hydrogen-bond donors (Lipinski definition) is 1. The lowest BCUT2D eigenvalue weighted by Gasteiger charge is -2.31. The summed E-state index contributed by atoms with van der Waals surface area (Å²) >= 11 is 0. The molecule has 2 aromatic rings. The lowest BCUT2D eigenvalue weighted by Crippen LogP contribution is -2.37. The number of fused-ring (bicyclic) bond motifs is 1. The van der Waals surface area contributed by atoms with Gasteiger partial charge in [-0.2, -0.15) is 5.26 Å². The van der Waals surface area contributed by atoms with Gasteiger partial charge >= 0.3 is 0 Å². The number of hydrogen-bond acceptors (Lipinski definition) is 8. The number of anilines is 2. The van der Waals surface area contributed by atoms with Crippen LogP contribution in [-0.4, -0.2) is 66.5 Å². The van der Waals surface area contributed by atoms with E-state index in [1.54, 1.807) is 12.3 Å². The van der Waals surface area contributed by atoms with E-state index in [0.29, 0.717) is 56.3 Å². The second-order valence-electron chi connectivity index (χ2n) is 9.31. The Morgan fingerprint density at radius 1 is 1.20 bits per heavy atom. The van der Waals surface area contributed by atoms with Crippen molar-refractivity contribution < 1.29 is 24.1 Å². The molecule has 0 radical (unpaired) electrons. The summed E-state index contributed by atoms with van der Waals surface area (Å²) in [5, 5.41) is 19.2. The molecule has 1 N–H and O–H groups in total. The first-order chi connectivity index (χ1) is 17.1. The fourth-order valence-electron chi connectivity index (χ4n) is 5.17. The summed E-state index contributed by atoms with van der Waals surface area (Å²) in [5.74, 6) is 1.95. The number of pyridine rings is 1. The summed E-state index contributed by atoms with van der Waals surface area (Å²) in [4.78, 5) is 21.2. The molecule has 1 amide bonds. The number of amides is 1. The summed E-state index contributed by atoms with van der Waals surface area (Å²) in [7, 11) is 1.49. The van der Waals surface area contributed by atoms with Crippen LogP contribution in [0.1, 0.15) is 37.7 Å². The Bertz CT molecular complexity index is 1130. The number of ether oxygens (including phenoxy) is 3. The van der Waals surface area contributed by atoms with E-state index in [2.05, 4.69) is 16.0 Å². The van der Waals surface area contributed by atoms with Crippen LogP contribution < -0.4 is 19.1 Å². The molecule has 3 heterocycles. The molecular formula is C26H30N4O5. The molecule has 9 nitrogen and oxygen atoms in total. The van der Waals surface area contributed by atoms with Gasteiger partial charge in [0.05, 0.1) is 43.9 Å². The monoisotopic (exact) mass is 478 g/mol. The van der Waals surface area contributed by atoms with Crippen molar-refractivity contribution in [3.63, 3.8) is 0 Å². The summed E-state index contributed by atoms with van der Waals surface area (Å²) in [6.45, 7) is 2.39. The van der Waals surface area contributed by atoms with Gasteiger partial charge in [0.2, 0.25) is 11.8 Å². The Labute approximate surface area is 204 Å². The predicted molar refractivity (Wildman–Crippen MR) is 128 cm³/mol. The first-order valence-electron chi connectivity index (χ1n) is 12.2. The second kappa shape index (κ2) is 10.0. The number of likely N-dealkylation sites (tertiary alicyclic amines) is 1. The zero-order valence-corrected chi connectivity index (χ0v) is 19.9. The minimum Gasteiger partial charge on any atom is -0.490 e. The van der Waals surface area contributed by atoms with Gasteiger partial charge in [0, 0.05) is 24.9 Å². The van der Waals surface area contributed by atoms with Crippen molar-refractivity contribution >= 4 is 17.3 Å². The number of nitrogens with zero attached hydrogens (tertiary/aromatic N) is 4. The zero-order valence-electron chi connectivity index (χ0n) is 19.9. The Morgan fingerprint density at radius 3 is 2.80 bits per heavy atom. The van der Waals surface area contributed by atoms with Crippen molar-refractivity contribution in [1.82, 2.24) is 9.88 Å². The van der Waals surface area contributed by atoms with Crippen LogP contribution >= 0.6 is 0 Å². The van der Waals surface area contributed by atoms with Gasteiger partial charge in [0.15, 0.2) is 0 Å². The van der Waals surface area contributed by atoms with E-state index >= 15 is 0 Å². The molecule has 9 heteroatoms. The van der Waals surface area contributed by atoms with Gasteiger partial charge < -0.3 is 29.1 Å². The highest BCUT2D eigenvalue weighted by atomic mass is 16.5. The maximum Gasteiger partial charge on any atom is 0.231 e. The molecule has 1 unspecified atom stereocenters. The van der Waals surface area contributed by atoms with Crippen LogP contribution in [0.25, 0.3) is 0 Å². The Hall–Kier alpha value is -3.51. The highest BCUT2D eigenvalue weighted by Crippen LogP contribution is 2.40. The van der Waals surface area contributed by atoms with Crippen molar-refractivity contribution in [2.45, 2.75) is 44.3 Å². The van der Waals surface area contributed by atoms with Gasteiger partial charge in [-0.25, -0.2) is 4.98 Å². The summed E-state index contributed by atoms with van der Waals surface area (Å²) in [6, 6.07) is 9.62.